The summed E-state index contributed by atoms with van der Waals surface area (Å²) < 4.78 is 5.53. The van der Waals surface area contributed by atoms with Gasteiger partial charge in [-0.1, -0.05) is 42.0 Å². The summed E-state index contributed by atoms with van der Waals surface area (Å²) in [6, 6.07) is 15.1. The van der Waals surface area contributed by atoms with Gasteiger partial charge in [0.25, 0.3) is 0 Å². The van der Waals surface area contributed by atoms with E-state index in [2.05, 4.69) is 73.7 Å². The molecule has 0 radical (unpaired) electrons. The van der Waals surface area contributed by atoms with Crippen LogP contribution >= 0.6 is 0 Å². The van der Waals surface area contributed by atoms with Gasteiger partial charge in [0.05, 0.1) is 7.11 Å². The Balaban J connectivity index is 1.95. The first-order valence-electron chi connectivity index (χ1n) is 7.65. The summed E-state index contributed by atoms with van der Waals surface area (Å²) in [7, 11) is 5.88. The molecule has 0 amide bonds. The van der Waals surface area contributed by atoms with Gasteiger partial charge < -0.3 is 15.0 Å². The van der Waals surface area contributed by atoms with E-state index in [-0.39, 0.29) is 0 Å². The maximum atomic E-state index is 5.53. The predicted octanol–water partition coefficient (Wildman–Crippen LogP) is 3.36. The van der Waals surface area contributed by atoms with Crippen LogP contribution in [-0.2, 0) is 19.6 Å². The number of nitrogens with one attached hydrogen (secondary N) is 1. The summed E-state index contributed by atoms with van der Waals surface area (Å²) in [6.07, 6.45) is 0. The number of nitrogens with zero attached hydrogens (tertiary/aromatic N) is 1. The minimum atomic E-state index is 0.805. The van der Waals surface area contributed by atoms with Crippen LogP contribution in [0.5, 0.6) is 5.75 Å². The molecule has 0 aliphatic rings. The molecule has 0 aliphatic heterocycles. The molecule has 0 saturated heterocycles. The molecule has 0 fully saturated rings. The molecule has 0 bridgehead atoms. The molecule has 0 aliphatic carbocycles. The molecule has 22 heavy (non-hydrogen) atoms. The summed E-state index contributed by atoms with van der Waals surface area (Å²) in [4.78, 5) is 2.16. The first-order valence-corrected chi connectivity index (χ1v) is 7.65. The summed E-state index contributed by atoms with van der Waals surface area (Å²) in [5, 5.41) is 3.48. The first kappa shape index (κ1) is 16.5. The van der Waals surface area contributed by atoms with Crippen molar-refractivity contribution in [3.05, 3.63) is 64.7 Å². The van der Waals surface area contributed by atoms with E-state index in [1.165, 1.54) is 22.3 Å². The van der Waals surface area contributed by atoms with Crippen LogP contribution in [0.1, 0.15) is 22.3 Å². The van der Waals surface area contributed by atoms with Crippen LogP contribution in [-0.4, -0.2) is 26.1 Å². The second-order valence-electron chi connectivity index (χ2n) is 5.97. The SMILES string of the molecule is COc1cc(CN(C)C)ccc1CNCc1ccc(C)cc1. The largest absolute Gasteiger partial charge is 0.496 e. The Morgan fingerprint density at radius 3 is 2.27 bits per heavy atom. The van der Waals surface area contributed by atoms with Gasteiger partial charge in [0.15, 0.2) is 0 Å². The van der Waals surface area contributed by atoms with Crippen LogP contribution < -0.4 is 10.1 Å². The lowest BCUT2D eigenvalue weighted by Crippen LogP contribution is -2.14. The van der Waals surface area contributed by atoms with Gasteiger partial charge in [-0.2, -0.15) is 0 Å². The Morgan fingerprint density at radius 2 is 1.64 bits per heavy atom. The lowest BCUT2D eigenvalue weighted by Gasteiger charge is -2.14. The topological polar surface area (TPSA) is 24.5 Å². The highest BCUT2D eigenvalue weighted by molar-refractivity contribution is 5.37. The van der Waals surface area contributed by atoms with Crippen LogP contribution in [0.2, 0.25) is 0 Å². The van der Waals surface area contributed by atoms with E-state index in [1.807, 2.05) is 0 Å². The molecule has 0 aromatic heterocycles. The molecule has 0 unspecified atom stereocenters. The van der Waals surface area contributed by atoms with Crippen molar-refractivity contribution in [2.24, 2.45) is 0 Å². The fourth-order valence-electron chi connectivity index (χ4n) is 2.45. The highest BCUT2D eigenvalue weighted by Crippen LogP contribution is 2.21. The molecule has 0 atom stereocenters. The van der Waals surface area contributed by atoms with Gasteiger partial charge in [-0.05, 0) is 38.2 Å². The maximum Gasteiger partial charge on any atom is 0.123 e. The minimum absolute atomic E-state index is 0.805. The highest BCUT2D eigenvalue weighted by Gasteiger charge is 2.05. The Labute approximate surface area is 133 Å². The predicted molar refractivity (Wildman–Crippen MR) is 92.1 cm³/mol. The minimum Gasteiger partial charge on any atom is -0.496 e. The van der Waals surface area contributed by atoms with E-state index in [9.17, 15) is 0 Å². The molecular formula is C19H26N2O. The van der Waals surface area contributed by atoms with Crippen molar-refractivity contribution in [1.29, 1.82) is 0 Å². The third kappa shape index (κ3) is 4.86. The van der Waals surface area contributed by atoms with Gasteiger partial charge in [0.2, 0.25) is 0 Å². The van der Waals surface area contributed by atoms with Crippen LogP contribution in [0, 0.1) is 6.92 Å². The molecule has 118 valence electrons. The molecule has 0 heterocycles. The van der Waals surface area contributed by atoms with Crippen LogP contribution in [0.25, 0.3) is 0 Å². The maximum absolute atomic E-state index is 5.53. The van der Waals surface area contributed by atoms with Crippen LogP contribution in [0.15, 0.2) is 42.5 Å². The van der Waals surface area contributed by atoms with Crippen molar-refractivity contribution >= 4 is 0 Å². The van der Waals surface area contributed by atoms with Gasteiger partial charge in [-0.15, -0.1) is 0 Å². The van der Waals surface area contributed by atoms with E-state index < -0.39 is 0 Å². The second kappa shape index (κ2) is 7.97. The number of ether oxygens (including phenoxy) is 1. The number of methoxy groups -OCH3 is 1. The number of hydrogen-bond acceptors (Lipinski definition) is 3. The Morgan fingerprint density at radius 1 is 0.955 bits per heavy atom. The van der Waals surface area contributed by atoms with Gasteiger partial charge in [-0.3, -0.25) is 0 Å². The van der Waals surface area contributed by atoms with Gasteiger partial charge >= 0.3 is 0 Å². The van der Waals surface area contributed by atoms with E-state index in [0.717, 1.165) is 25.4 Å². The van der Waals surface area contributed by atoms with E-state index in [1.54, 1.807) is 7.11 Å². The zero-order valence-corrected chi connectivity index (χ0v) is 14.0. The van der Waals surface area contributed by atoms with Crippen molar-refractivity contribution in [2.75, 3.05) is 21.2 Å². The summed E-state index contributed by atoms with van der Waals surface area (Å²) >= 11 is 0. The zero-order chi connectivity index (χ0) is 15.9. The smallest absolute Gasteiger partial charge is 0.123 e. The third-order valence-electron chi connectivity index (χ3n) is 3.62. The Hall–Kier alpha value is -1.84. The van der Waals surface area contributed by atoms with Crippen molar-refractivity contribution in [1.82, 2.24) is 10.2 Å². The Kier molecular flexibility index (Phi) is 5.99. The lowest BCUT2D eigenvalue weighted by molar-refractivity contribution is 0.392. The number of rotatable bonds is 7. The average Bonchev–Trinajstić information content (AvgIpc) is 2.50. The average molecular weight is 298 g/mol. The molecule has 0 spiro atoms. The lowest BCUT2D eigenvalue weighted by atomic mass is 10.1. The molecular weight excluding hydrogens is 272 g/mol. The fourth-order valence-corrected chi connectivity index (χ4v) is 2.45. The molecule has 3 heteroatoms. The molecule has 2 aromatic rings. The number of benzene rings is 2. The van der Waals surface area contributed by atoms with E-state index in [4.69, 9.17) is 4.74 Å². The van der Waals surface area contributed by atoms with Gasteiger partial charge in [0, 0.05) is 25.2 Å². The van der Waals surface area contributed by atoms with Crippen molar-refractivity contribution in [3.63, 3.8) is 0 Å². The zero-order valence-electron chi connectivity index (χ0n) is 14.0. The summed E-state index contributed by atoms with van der Waals surface area (Å²) in [5.74, 6) is 0.954. The third-order valence-corrected chi connectivity index (χ3v) is 3.62. The molecule has 1 N–H and O–H groups in total. The quantitative estimate of drug-likeness (QED) is 0.848. The van der Waals surface area contributed by atoms with E-state index in [0.29, 0.717) is 0 Å². The summed E-state index contributed by atoms with van der Waals surface area (Å²) in [5.41, 5.74) is 5.05. The van der Waals surface area contributed by atoms with Gasteiger partial charge in [-0.25, -0.2) is 0 Å². The number of aryl methyl sites for hydroxylation is 1. The number of hydrogen-bond donors (Lipinski definition) is 1. The van der Waals surface area contributed by atoms with Crippen molar-refractivity contribution < 1.29 is 4.74 Å². The van der Waals surface area contributed by atoms with Crippen LogP contribution in [0.3, 0.4) is 0 Å². The highest BCUT2D eigenvalue weighted by atomic mass is 16.5. The first-order chi connectivity index (χ1) is 10.6. The molecule has 2 rings (SSSR count). The second-order valence-corrected chi connectivity index (χ2v) is 5.97. The molecule has 2 aromatic carbocycles. The molecule has 0 saturated carbocycles. The van der Waals surface area contributed by atoms with Crippen molar-refractivity contribution in [3.8, 4) is 5.75 Å². The summed E-state index contributed by atoms with van der Waals surface area (Å²) in [6.45, 7) is 4.70. The van der Waals surface area contributed by atoms with Crippen molar-refractivity contribution in [2.45, 2.75) is 26.6 Å². The van der Waals surface area contributed by atoms with E-state index >= 15 is 0 Å². The molecule has 3 nitrogen and oxygen atoms in total. The standard InChI is InChI=1S/C19H26N2O/c1-15-5-7-16(8-6-15)12-20-13-18-10-9-17(14-21(2)3)11-19(18)22-4/h5-11,20H,12-14H2,1-4H3. The fraction of sp³-hybridized carbons (Fsp3) is 0.368. The normalized spacial score (nSPS) is 11.0. The monoisotopic (exact) mass is 298 g/mol. The van der Waals surface area contributed by atoms with Crippen LogP contribution in [0.4, 0.5) is 0 Å². The Bertz CT molecular complexity index is 591. The van der Waals surface area contributed by atoms with Gasteiger partial charge in [0.1, 0.15) is 5.75 Å².